The first kappa shape index (κ1) is 35.4. The first-order chi connectivity index (χ1) is 22.0. The molecule has 19 heteroatoms. The number of hydroxylamine groups is 2. The van der Waals surface area contributed by atoms with Crippen molar-refractivity contribution < 1.29 is 51.0 Å². The molecule has 1 aliphatic rings. The second-order valence-electron chi connectivity index (χ2n) is 11.2. The van der Waals surface area contributed by atoms with E-state index in [1.165, 1.54) is 19.2 Å². The highest BCUT2D eigenvalue weighted by molar-refractivity contribution is 7.80. The summed E-state index contributed by atoms with van der Waals surface area (Å²) < 4.78 is 45.3. The lowest BCUT2D eigenvalue weighted by Gasteiger charge is -2.50. The van der Waals surface area contributed by atoms with Gasteiger partial charge in [0.15, 0.2) is 29.4 Å². The summed E-state index contributed by atoms with van der Waals surface area (Å²) in [5.41, 5.74) is 12.6. The number of nitrogens with two attached hydrogens (primary N) is 2. The molecule has 3 heterocycles. The van der Waals surface area contributed by atoms with E-state index >= 15 is 0 Å². The van der Waals surface area contributed by atoms with Crippen molar-refractivity contribution in [2.75, 3.05) is 18.9 Å². The Bertz CT molecular complexity index is 1780. The van der Waals surface area contributed by atoms with E-state index in [-0.39, 0.29) is 10.8 Å². The number of aromatic nitrogens is 3. The summed E-state index contributed by atoms with van der Waals surface area (Å²) in [5, 5.41) is 15.5. The van der Waals surface area contributed by atoms with Crippen LogP contribution in [0.25, 0.3) is 11.3 Å². The van der Waals surface area contributed by atoms with E-state index < -0.39 is 64.4 Å². The summed E-state index contributed by atoms with van der Waals surface area (Å²) in [4.78, 5) is 47.2. The molecule has 3 aromatic rings. The van der Waals surface area contributed by atoms with Gasteiger partial charge in [0.25, 0.3) is 12.0 Å². The van der Waals surface area contributed by atoms with E-state index in [4.69, 9.17) is 25.6 Å². The van der Waals surface area contributed by atoms with Gasteiger partial charge in [-0.15, -0.1) is 20.3 Å². The zero-order valence-electron chi connectivity index (χ0n) is 26.0. The Morgan fingerprint density at radius 1 is 1.26 bits per heavy atom. The maximum absolute atomic E-state index is 13.3. The number of carboxylic acid groups (broad SMARTS) is 1. The number of oxime groups is 1. The fourth-order valence-corrected chi connectivity index (χ4v) is 6.07. The fraction of sp³-hybridized carbons (Fsp3) is 0.429. The second kappa shape index (κ2) is 14.1. The van der Waals surface area contributed by atoms with Crippen LogP contribution < -0.4 is 20.9 Å². The minimum absolute atomic E-state index is 0.0194. The van der Waals surface area contributed by atoms with Gasteiger partial charge in [-0.2, -0.15) is 18.2 Å². The van der Waals surface area contributed by atoms with Crippen molar-refractivity contribution in [3.8, 4) is 17.0 Å². The highest BCUT2D eigenvalue weighted by Gasteiger charge is 2.57. The lowest BCUT2D eigenvalue weighted by Crippen LogP contribution is -2.68. The number of aliphatic carboxylic acids is 1. The fourth-order valence-electron chi connectivity index (χ4n) is 5.07. The second-order valence-corrected chi connectivity index (χ2v) is 13.1. The van der Waals surface area contributed by atoms with Crippen LogP contribution in [0.15, 0.2) is 41.0 Å². The molecule has 47 heavy (non-hydrogen) atoms. The van der Waals surface area contributed by atoms with Gasteiger partial charge in [0.2, 0.25) is 0 Å². The largest absolute Gasteiger partial charge is 0.489 e. The Hall–Kier alpha value is -4.43. The zero-order chi connectivity index (χ0) is 34.7. The molecule has 0 unspecified atom stereocenters. The van der Waals surface area contributed by atoms with Gasteiger partial charge in [-0.25, -0.2) is 9.78 Å². The van der Waals surface area contributed by atoms with Crippen LogP contribution in [0.4, 0.5) is 5.13 Å². The summed E-state index contributed by atoms with van der Waals surface area (Å²) in [6.45, 7) is 5.74. The SMILES string of the molecule is Cc1c[n+](CCCN)n(C)c1-c1ccc(OC[C@H](O/N=C(\C(=O)C[C@@H]2C(=O)N(OS(=O)(=O)O)C2(C)C)c2csc(N)n2)C(=O)O)cc1. The van der Waals surface area contributed by atoms with Crippen molar-refractivity contribution in [3.63, 3.8) is 0 Å². The molecule has 17 nitrogen and oxygen atoms in total. The van der Waals surface area contributed by atoms with Gasteiger partial charge < -0.3 is 26.1 Å². The number of ether oxygens (including phenoxy) is 1. The number of β-lactam (4-membered cyclic amide) rings is 1. The van der Waals surface area contributed by atoms with Crippen molar-refractivity contribution in [3.05, 3.63) is 47.1 Å². The van der Waals surface area contributed by atoms with E-state index in [0.29, 0.717) is 17.4 Å². The monoisotopic (exact) mass is 694 g/mol. The van der Waals surface area contributed by atoms with Gasteiger partial charge in [0, 0.05) is 29.3 Å². The molecule has 1 fully saturated rings. The standard InChI is InChI=1S/C28H35N7O10S2/c1-16-13-34(11-5-10-29)33(4)24(16)17-6-8-18(9-7-17)43-14-22(26(38)39)44-32-23(20-15-46-27(30)31-20)21(36)12-19-25(37)35(28(19,2)3)45-47(40,41)42/h6-9,13,15,19,22H,5,10-12,14,29H2,1-4H3,(H3-,30,31,38,39,40,41,42)/p+1/b32-23-/t19-,22+/m1/s1. The number of hydrogen-bond donors (Lipinski definition) is 4. The lowest BCUT2D eigenvalue weighted by atomic mass is 9.74. The molecular weight excluding hydrogens is 658 g/mol. The Balaban J connectivity index is 1.46. The van der Waals surface area contributed by atoms with Crippen LogP contribution in [-0.2, 0) is 47.5 Å². The maximum Gasteiger partial charge on any atom is 0.418 e. The molecule has 1 aromatic carbocycles. The third-order valence-corrected chi connectivity index (χ3v) is 8.57. The molecule has 1 saturated heterocycles. The van der Waals surface area contributed by atoms with Gasteiger partial charge in [-0.05, 0) is 51.6 Å². The Morgan fingerprint density at radius 3 is 2.49 bits per heavy atom. The smallest absolute Gasteiger partial charge is 0.418 e. The zero-order valence-corrected chi connectivity index (χ0v) is 27.7. The molecule has 6 N–H and O–H groups in total. The van der Waals surface area contributed by atoms with Gasteiger partial charge in [-0.1, -0.05) is 5.16 Å². The maximum atomic E-state index is 13.3. The molecule has 0 bridgehead atoms. The van der Waals surface area contributed by atoms with Gasteiger partial charge in [0.1, 0.15) is 23.7 Å². The average molecular weight is 695 g/mol. The minimum atomic E-state index is -4.99. The number of nitrogens with zero attached hydrogens (tertiary/aromatic N) is 5. The van der Waals surface area contributed by atoms with E-state index in [1.807, 2.05) is 37.0 Å². The number of nitrogen functional groups attached to an aromatic ring is 1. The van der Waals surface area contributed by atoms with Gasteiger partial charge in [-0.3, -0.25) is 14.1 Å². The average Bonchev–Trinajstić information content (AvgIpc) is 3.55. The number of Topliss-reactive ketones (excluding diaryl/α,β-unsaturated/α-hetero) is 1. The normalized spacial score (nSPS) is 16.9. The number of rotatable bonds is 16. The molecule has 0 saturated carbocycles. The first-order valence-corrected chi connectivity index (χ1v) is 16.5. The van der Waals surface area contributed by atoms with Crippen LogP contribution in [0, 0.1) is 12.8 Å². The van der Waals surface area contributed by atoms with Crippen molar-refractivity contribution in [2.45, 2.75) is 51.8 Å². The highest BCUT2D eigenvalue weighted by atomic mass is 32.3. The van der Waals surface area contributed by atoms with Crippen molar-refractivity contribution in [1.82, 2.24) is 14.7 Å². The Morgan fingerprint density at radius 2 is 1.94 bits per heavy atom. The number of anilines is 1. The molecule has 0 spiro atoms. The van der Waals surface area contributed by atoms with E-state index in [1.54, 1.807) is 12.1 Å². The lowest BCUT2D eigenvalue weighted by molar-refractivity contribution is -0.772. The van der Waals surface area contributed by atoms with Crippen LogP contribution in [0.5, 0.6) is 5.75 Å². The summed E-state index contributed by atoms with van der Waals surface area (Å²) in [6.07, 6.45) is 0.739. The number of carbonyl (C=O) groups excluding carboxylic acids is 2. The number of carbonyl (C=O) groups is 3. The number of thiazole rings is 1. The number of ketones is 1. The van der Waals surface area contributed by atoms with Crippen molar-refractivity contribution >= 4 is 50.2 Å². The van der Waals surface area contributed by atoms with E-state index in [2.05, 4.69) is 19.1 Å². The third kappa shape index (κ3) is 8.11. The predicted molar refractivity (Wildman–Crippen MR) is 167 cm³/mol. The van der Waals surface area contributed by atoms with E-state index in [9.17, 15) is 27.9 Å². The van der Waals surface area contributed by atoms with Gasteiger partial charge >= 0.3 is 16.4 Å². The summed E-state index contributed by atoms with van der Waals surface area (Å²) >= 11 is 0.989. The number of carboxylic acids is 1. The molecule has 2 aromatic heterocycles. The van der Waals surface area contributed by atoms with Crippen LogP contribution >= 0.6 is 11.3 Å². The first-order valence-electron chi connectivity index (χ1n) is 14.2. The Labute approximate surface area is 274 Å². The van der Waals surface area contributed by atoms with Crippen LogP contribution in [0.3, 0.4) is 0 Å². The number of aryl methyl sites for hydroxylation is 2. The van der Waals surface area contributed by atoms with Crippen LogP contribution in [0.2, 0.25) is 0 Å². The molecule has 254 valence electrons. The van der Waals surface area contributed by atoms with Crippen LogP contribution in [0.1, 0.15) is 37.9 Å². The molecule has 0 aliphatic carbocycles. The third-order valence-electron chi connectivity index (χ3n) is 7.55. The molecule has 1 amide bonds. The topological polar surface area (TPSA) is 243 Å². The molecule has 1 aliphatic heterocycles. The molecule has 4 rings (SSSR count). The summed E-state index contributed by atoms with van der Waals surface area (Å²) in [6, 6.07) is 7.06. The molecular formula is C28H36N7O10S2+. The van der Waals surface area contributed by atoms with E-state index in [0.717, 1.165) is 41.1 Å². The van der Waals surface area contributed by atoms with Crippen LogP contribution in [-0.4, -0.2) is 81.0 Å². The highest BCUT2D eigenvalue weighted by Crippen LogP contribution is 2.40. The summed E-state index contributed by atoms with van der Waals surface area (Å²) in [7, 11) is -3.03. The number of benzene rings is 1. The summed E-state index contributed by atoms with van der Waals surface area (Å²) in [5.74, 6) is -3.79. The van der Waals surface area contributed by atoms with Crippen molar-refractivity contribution in [2.24, 2.45) is 23.9 Å². The molecule has 0 radical (unpaired) electrons. The number of amides is 1. The van der Waals surface area contributed by atoms with Gasteiger partial charge in [0.05, 0.1) is 18.5 Å². The Kier molecular flexibility index (Phi) is 10.7. The number of hydrogen-bond acceptors (Lipinski definition) is 13. The minimum Gasteiger partial charge on any atom is -0.489 e. The molecule has 2 atom stereocenters. The quantitative estimate of drug-likeness (QED) is 0.0535. The predicted octanol–water partition coefficient (Wildman–Crippen LogP) is 0.859. The van der Waals surface area contributed by atoms with Crippen molar-refractivity contribution in [1.29, 1.82) is 0 Å².